The van der Waals surface area contributed by atoms with Crippen LogP contribution in [0.15, 0.2) is 53.6 Å². The molecule has 11 nitrogen and oxygen atoms in total. The fraction of sp³-hybridized carbons (Fsp3) is 0.700. The van der Waals surface area contributed by atoms with Crippen molar-refractivity contribution >= 4 is 19.5 Å². The fourth-order valence-corrected chi connectivity index (χ4v) is 10.2. The summed E-state index contributed by atoms with van der Waals surface area (Å²) < 4.78 is 60.5. The van der Waals surface area contributed by atoms with Crippen molar-refractivity contribution in [2.45, 2.75) is 124 Å². The normalized spacial score (nSPS) is 29.0. The Labute approximate surface area is 310 Å². The first kappa shape index (κ1) is 42.4. The van der Waals surface area contributed by atoms with Crippen molar-refractivity contribution in [2.24, 2.45) is 23.2 Å². The van der Waals surface area contributed by atoms with Crippen LogP contribution in [-0.2, 0) is 58.2 Å². The third-order valence-electron chi connectivity index (χ3n) is 10.9. The fourth-order valence-electron chi connectivity index (χ4n) is 8.29. The zero-order chi connectivity index (χ0) is 37.9. The molecule has 2 saturated heterocycles. The predicted octanol–water partition coefficient (Wildman–Crippen LogP) is 8.16. The molecule has 2 unspecified atom stereocenters. The number of benzene rings is 1. The van der Waals surface area contributed by atoms with Crippen LogP contribution in [-0.4, -0.2) is 75.9 Å². The van der Waals surface area contributed by atoms with Crippen LogP contribution in [0.4, 0.5) is 0 Å². The summed E-state index contributed by atoms with van der Waals surface area (Å²) in [7, 11) is -1.88. The molecule has 1 aliphatic carbocycles. The van der Waals surface area contributed by atoms with Gasteiger partial charge in [0.15, 0.2) is 6.29 Å². The van der Waals surface area contributed by atoms with E-state index in [1.165, 1.54) is 6.92 Å². The van der Waals surface area contributed by atoms with Crippen LogP contribution < -0.4 is 0 Å². The molecule has 0 amide bonds. The molecule has 3 aliphatic rings. The van der Waals surface area contributed by atoms with Crippen LogP contribution in [0.3, 0.4) is 0 Å². The van der Waals surface area contributed by atoms with E-state index in [0.29, 0.717) is 32.5 Å². The number of carbonyl (C=O) groups excluding carboxylic acids is 2. The van der Waals surface area contributed by atoms with Crippen molar-refractivity contribution < 1.29 is 51.6 Å². The summed E-state index contributed by atoms with van der Waals surface area (Å²) in [6.45, 7) is 14.3. The lowest BCUT2D eigenvalue weighted by Crippen LogP contribution is -2.52. The van der Waals surface area contributed by atoms with Crippen LogP contribution in [0.25, 0.3) is 0 Å². The van der Waals surface area contributed by atoms with E-state index in [9.17, 15) is 14.2 Å². The number of allylic oxidation sites excluding steroid dienone is 4. The van der Waals surface area contributed by atoms with E-state index in [1.54, 1.807) is 27.9 Å². The van der Waals surface area contributed by atoms with Crippen molar-refractivity contribution in [3.05, 3.63) is 59.2 Å². The van der Waals surface area contributed by atoms with Gasteiger partial charge in [-0.15, -0.1) is 0 Å². The molecule has 2 heterocycles. The molecule has 292 valence electrons. The van der Waals surface area contributed by atoms with Crippen molar-refractivity contribution in [3.63, 3.8) is 0 Å². The molecular weight excluding hydrogens is 687 g/mol. The first-order valence-electron chi connectivity index (χ1n) is 18.9. The minimum absolute atomic E-state index is 0.0143. The van der Waals surface area contributed by atoms with Gasteiger partial charge in [0.1, 0.15) is 24.4 Å². The van der Waals surface area contributed by atoms with Crippen LogP contribution in [0.1, 0.15) is 92.6 Å². The van der Waals surface area contributed by atoms with E-state index < -0.39 is 43.1 Å². The van der Waals surface area contributed by atoms with E-state index in [-0.39, 0.29) is 49.8 Å². The van der Waals surface area contributed by atoms with E-state index in [4.69, 9.17) is 37.5 Å². The average molecular weight is 749 g/mol. The largest absolute Gasteiger partial charge is 0.465 e. The number of hydrogen-bond donors (Lipinski definition) is 0. The zero-order valence-electron chi connectivity index (χ0n) is 32.4. The van der Waals surface area contributed by atoms with Crippen LogP contribution in [0, 0.1) is 23.2 Å². The Bertz CT molecular complexity index is 1400. The Morgan fingerprint density at radius 1 is 1.04 bits per heavy atom. The van der Waals surface area contributed by atoms with Gasteiger partial charge in [0, 0.05) is 20.0 Å². The number of methoxy groups -OCH3 is 1. The molecule has 1 aromatic rings. The third kappa shape index (κ3) is 10.0. The SMILES string of the molecule is CCOP(=O)(OCC)C(C)C(CC/C(C)=C/CC/C(C)=C/C[C@@]12C(=O)OCC[C@@H]1[C@H]1[C@H](C)[C@@H](OCc3ccccc3)O[C@H]1[C@H]2OCOC)OC(C)=O. The summed E-state index contributed by atoms with van der Waals surface area (Å²) in [5.41, 5.74) is 1.90. The molecule has 52 heavy (non-hydrogen) atoms. The Morgan fingerprint density at radius 3 is 2.38 bits per heavy atom. The van der Waals surface area contributed by atoms with Crippen LogP contribution in [0.5, 0.6) is 0 Å². The molecule has 9 atom stereocenters. The number of esters is 2. The monoisotopic (exact) mass is 748 g/mol. The van der Waals surface area contributed by atoms with Crippen molar-refractivity contribution in [1.82, 2.24) is 0 Å². The van der Waals surface area contributed by atoms with Crippen molar-refractivity contribution in [2.75, 3.05) is 33.7 Å². The first-order chi connectivity index (χ1) is 24.9. The number of fused-ring (bicyclic) bond motifs is 3. The molecule has 0 spiro atoms. The molecule has 1 aromatic carbocycles. The number of ether oxygens (including phenoxy) is 6. The number of rotatable bonds is 21. The van der Waals surface area contributed by atoms with Gasteiger partial charge < -0.3 is 37.5 Å². The molecule has 12 heteroatoms. The maximum atomic E-state index is 13.9. The Kier molecular flexibility index (Phi) is 16.1. The van der Waals surface area contributed by atoms with Gasteiger partial charge in [0.25, 0.3) is 0 Å². The van der Waals surface area contributed by atoms with Gasteiger partial charge >= 0.3 is 19.5 Å². The molecule has 0 aromatic heterocycles. The Morgan fingerprint density at radius 2 is 1.73 bits per heavy atom. The van der Waals surface area contributed by atoms with Crippen molar-refractivity contribution in [3.8, 4) is 0 Å². The maximum Gasteiger partial charge on any atom is 0.337 e. The third-order valence-corrected chi connectivity index (χ3v) is 13.5. The predicted molar refractivity (Wildman–Crippen MR) is 197 cm³/mol. The van der Waals surface area contributed by atoms with Gasteiger partial charge in [-0.2, -0.15) is 0 Å². The molecule has 0 radical (unpaired) electrons. The first-order valence-corrected chi connectivity index (χ1v) is 20.5. The molecule has 2 aliphatic heterocycles. The summed E-state index contributed by atoms with van der Waals surface area (Å²) in [5, 5.41) is 0. The van der Waals surface area contributed by atoms with Gasteiger partial charge in [0.2, 0.25) is 0 Å². The lowest BCUT2D eigenvalue weighted by atomic mass is 9.67. The highest BCUT2D eigenvalue weighted by molar-refractivity contribution is 7.54. The highest BCUT2D eigenvalue weighted by Gasteiger charge is 2.70. The lowest BCUT2D eigenvalue weighted by Gasteiger charge is -2.42. The molecule has 0 N–H and O–H groups in total. The maximum absolute atomic E-state index is 13.9. The second kappa shape index (κ2) is 19.8. The summed E-state index contributed by atoms with van der Waals surface area (Å²) in [4.78, 5) is 25.8. The lowest BCUT2D eigenvalue weighted by molar-refractivity contribution is -0.217. The van der Waals surface area contributed by atoms with Gasteiger partial charge in [-0.1, -0.05) is 60.6 Å². The topological polar surface area (TPSA) is 125 Å². The second-order valence-corrected chi connectivity index (χ2v) is 16.8. The molecular formula is C40H61O11P. The number of hydrogen-bond acceptors (Lipinski definition) is 11. The molecule has 3 fully saturated rings. The van der Waals surface area contributed by atoms with E-state index in [2.05, 4.69) is 26.0 Å². The van der Waals surface area contributed by atoms with E-state index >= 15 is 0 Å². The zero-order valence-corrected chi connectivity index (χ0v) is 33.3. The summed E-state index contributed by atoms with van der Waals surface area (Å²) in [6, 6.07) is 10.0. The van der Waals surface area contributed by atoms with Crippen molar-refractivity contribution in [1.29, 1.82) is 0 Å². The average Bonchev–Trinajstić information content (AvgIpc) is 3.58. The number of cyclic esters (lactones) is 1. The molecule has 1 saturated carbocycles. The Hall–Kier alpha value is -2.37. The molecule has 4 rings (SSSR count). The van der Waals surface area contributed by atoms with Gasteiger partial charge in [-0.05, 0) is 90.5 Å². The summed E-state index contributed by atoms with van der Waals surface area (Å²) in [5.74, 6) is -0.511. The van der Waals surface area contributed by atoms with Gasteiger partial charge in [-0.25, -0.2) is 0 Å². The highest BCUT2D eigenvalue weighted by Crippen LogP contribution is 2.61. The van der Waals surface area contributed by atoms with E-state index in [1.807, 2.05) is 37.3 Å². The standard InChI is InChI=1S/C40H61O11P/c1-9-48-52(43,49-10-2)30(6)34(50-31(7)41)20-19-27(3)15-14-16-28(4)21-23-40-33(22-24-45-39(40)42)35-29(5)38(46-25-32-17-12-11-13-18-32)51-36(35)37(40)47-26-44-8/h11-13,15,17-18,21,29-30,33-38H,9-10,14,16,19-20,22-26H2,1-8H3/b27-15+,28-21+/t29-,30?,33+,34?,35+,36+,37+,38-,40+/m0/s1. The van der Waals surface area contributed by atoms with E-state index in [0.717, 1.165) is 36.0 Å². The highest BCUT2D eigenvalue weighted by atomic mass is 31.2. The van der Waals surface area contributed by atoms with Gasteiger partial charge in [0.05, 0.1) is 38.2 Å². The van der Waals surface area contributed by atoms with Gasteiger partial charge in [-0.3, -0.25) is 14.2 Å². The second-order valence-electron chi connectivity index (χ2n) is 14.4. The van der Waals surface area contributed by atoms with Crippen LogP contribution in [0.2, 0.25) is 0 Å². The van der Waals surface area contributed by atoms with Crippen LogP contribution >= 0.6 is 7.60 Å². The molecule has 0 bridgehead atoms. The smallest absolute Gasteiger partial charge is 0.337 e. The quantitative estimate of drug-likeness (QED) is 0.0523. The minimum atomic E-state index is -3.46. The Balaban J connectivity index is 1.41. The summed E-state index contributed by atoms with van der Waals surface area (Å²) >= 11 is 0. The minimum Gasteiger partial charge on any atom is -0.465 e. The number of carbonyl (C=O) groups is 2. The summed E-state index contributed by atoms with van der Waals surface area (Å²) in [6.07, 6.45) is 6.47.